The zero-order chi connectivity index (χ0) is 20.6. The first-order valence-electron chi connectivity index (χ1n) is 8.72. The second-order valence-corrected chi connectivity index (χ2v) is 7.26. The summed E-state index contributed by atoms with van der Waals surface area (Å²) >= 11 is 5.09. The van der Waals surface area contributed by atoms with Crippen LogP contribution in [0.5, 0.6) is 0 Å². The fourth-order valence-electron chi connectivity index (χ4n) is 3.19. The molecule has 2 aliphatic heterocycles. The molecule has 148 valence electrons. The van der Waals surface area contributed by atoms with E-state index in [0.717, 1.165) is 0 Å². The predicted octanol–water partition coefficient (Wildman–Crippen LogP) is 0.813. The van der Waals surface area contributed by atoms with E-state index in [1.54, 1.807) is 32.9 Å². The van der Waals surface area contributed by atoms with Gasteiger partial charge in [0.2, 0.25) is 17.7 Å². The fourth-order valence-corrected chi connectivity index (χ4v) is 3.47. The zero-order valence-electron chi connectivity index (χ0n) is 15.6. The lowest BCUT2D eigenvalue weighted by Gasteiger charge is -2.45. The summed E-state index contributed by atoms with van der Waals surface area (Å²) in [7, 11) is 0. The molecule has 1 atom stereocenters. The number of hydrazine groups is 1. The third-order valence-corrected chi connectivity index (χ3v) is 4.90. The summed E-state index contributed by atoms with van der Waals surface area (Å²) < 4.78 is 4.92. The first-order valence-corrected chi connectivity index (χ1v) is 9.13. The lowest BCUT2D eigenvalue weighted by atomic mass is 10.00. The fraction of sp³-hybridized carbons (Fsp3) is 0.389. The van der Waals surface area contributed by atoms with Crippen molar-refractivity contribution in [3.63, 3.8) is 0 Å². The van der Waals surface area contributed by atoms with Crippen molar-refractivity contribution in [1.29, 1.82) is 0 Å². The van der Waals surface area contributed by atoms with E-state index in [4.69, 9.17) is 17.0 Å². The number of esters is 1. The number of ether oxygens (including phenoxy) is 1. The van der Waals surface area contributed by atoms with E-state index in [1.807, 2.05) is 0 Å². The predicted molar refractivity (Wildman–Crippen MR) is 103 cm³/mol. The number of benzene rings is 1. The van der Waals surface area contributed by atoms with E-state index in [1.165, 1.54) is 22.2 Å². The molecule has 3 rings (SSSR count). The molecule has 0 bridgehead atoms. The topological polar surface area (TPSA) is 108 Å². The van der Waals surface area contributed by atoms with E-state index in [2.05, 4.69) is 10.6 Å². The average molecular weight is 404 g/mol. The molecular formula is C18H20N4O5S. The van der Waals surface area contributed by atoms with Crippen LogP contribution in [0.3, 0.4) is 0 Å². The van der Waals surface area contributed by atoms with Gasteiger partial charge in [0.15, 0.2) is 5.11 Å². The Morgan fingerprint density at radius 3 is 2.54 bits per heavy atom. The number of rotatable bonds is 4. The molecule has 28 heavy (non-hydrogen) atoms. The van der Waals surface area contributed by atoms with E-state index >= 15 is 0 Å². The number of carbonyl (C=O) groups is 4. The number of carbonyl (C=O) groups excluding carboxylic acids is 4. The molecule has 2 aliphatic rings. The first-order chi connectivity index (χ1) is 13.2. The Hall–Kier alpha value is -2.85. The zero-order valence-corrected chi connectivity index (χ0v) is 16.5. The van der Waals surface area contributed by atoms with Gasteiger partial charge in [0.05, 0.1) is 18.6 Å². The van der Waals surface area contributed by atoms with Gasteiger partial charge in [-0.05, 0) is 57.3 Å². The van der Waals surface area contributed by atoms with E-state index < -0.39 is 23.5 Å². The molecule has 1 aromatic rings. The molecule has 0 spiro atoms. The molecule has 0 aromatic heterocycles. The largest absolute Gasteiger partial charge is 0.462 e. The van der Waals surface area contributed by atoms with Gasteiger partial charge >= 0.3 is 5.97 Å². The number of amides is 3. The Labute approximate surface area is 167 Å². The highest BCUT2D eigenvalue weighted by atomic mass is 32.1. The van der Waals surface area contributed by atoms with Gasteiger partial charge in [-0.3, -0.25) is 19.7 Å². The second-order valence-electron chi connectivity index (χ2n) is 6.88. The normalized spacial score (nSPS) is 21.2. The number of hydrogen-bond donors (Lipinski definition) is 2. The van der Waals surface area contributed by atoms with Crippen LogP contribution in [-0.4, -0.2) is 57.0 Å². The quantitative estimate of drug-likeness (QED) is 0.565. The molecule has 0 unspecified atom stereocenters. The number of anilines is 1. The highest BCUT2D eigenvalue weighted by molar-refractivity contribution is 7.80. The summed E-state index contributed by atoms with van der Waals surface area (Å²) in [5.74, 6) is -1.66. The van der Waals surface area contributed by atoms with Crippen LogP contribution in [0.25, 0.3) is 0 Å². The number of nitrogens with one attached hydrogen (secondary N) is 2. The molecule has 2 heterocycles. The van der Waals surface area contributed by atoms with Crippen molar-refractivity contribution in [3.05, 3.63) is 29.8 Å². The lowest BCUT2D eigenvalue weighted by Crippen LogP contribution is -2.71. The molecule has 1 aromatic carbocycles. The van der Waals surface area contributed by atoms with E-state index in [0.29, 0.717) is 11.3 Å². The van der Waals surface area contributed by atoms with Crippen molar-refractivity contribution in [2.24, 2.45) is 0 Å². The number of thiocarbonyl (C=S) groups is 1. The van der Waals surface area contributed by atoms with Gasteiger partial charge in [-0.2, -0.15) is 5.01 Å². The molecule has 0 aliphatic carbocycles. The molecule has 2 N–H and O–H groups in total. The van der Waals surface area contributed by atoms with Crippen LogP contribution < -0.4 is 10.6 Å². The van der Waals surface area contributed by atoms with Crippen LogP contribution in [0.4, 0.5) is 5.69 Å². The summed E-state index contributed by atoms with van der Waals surface area (Å²) in [5, 5.41) is 7.75. The summed E-state index contributed by atoms with van der Waals surface area (Å²) in [4.78, 5) is 49.2. The third kappa shape index (κ3) is 3.36. The molecular weight excluding hydrogens is 384 g/mol. The Morgan fingerprint density at radius 1 is 1.29 bits per heavy atom. The maximum atomic E-state index is 12.8. The average Bonchev–Trinajstić information content (AvgIpc) is 3.00. The maximum absolute atomic E-state index is 12.8. The minimum atomic E-state index is -1.13. The Bertz CT molecular complexity index is 867. The van der Waals surface area contributed by atoms with Crippen molar-refractivity contribution in [3.8, 4) is 0 Å². The van der Waals surface area contributed by atoms with Crippen LogP contribution in [0.15, 0.2) is 24.3 Å². The molecule has 9 nitrogen and oxygen atoms in total. The summed E-state index contributed by atoms with van der Waals surface area (Å²) in [6.07, 6.45) is -0.106. The summed E-state index contributed by atoms with van der Waals surface area (Å²) in [6.45, 7) is 5.21. The van der Waals surface area contributed by atoms with Gasteiger partial charge in [-0.1, -0.05) is 0 Å². The lowest BCUT2D eigenvalue weighted by molar-refractivity contribution is -0.154. The minimum absolute atomic E-state index is 0.0385. The molecule has 3 amide bonds. The Kier molecular flexibility index (Phi) is 5.18. The monoisotopic (exact) mass is 404 g/mol. The van der Waals surface area contributed by atoms with Gasteiger partial charge < -0.3 is 10.1 Å². The number of hydrogen-bond acceptors (Lipinski definition) is 7. The summed E-state index contributed by atoms with van der Waals surface area (Å²) in [5.41, 5.74) is -0.323. The van der Waals surface area contributed by atoms with Crippen molar-refractivity contribution in [2.45, 2.75) is 38.8 Å². The molecule has 0 radical (unpaired) electrons. The van der Waals surface area contributed by atoms with Crippen molar-refractivity contribution < 1.29 is 23.9 Å². The van der Waals surface area contributed by atoms with Gasteiger partial charge in [-0.25, -0.2) is 9.80 Å². The standard InChI is InChI=1S/C18H20N4O5S/c1-4-27-15(25)10-5-7-11(8-6-10)19-14(24)12-9-13(23)21-17(28)20-16(26)18(2,3)22(12)21/h5-8,12H,4,9H2,1-3H3,(H,19,24)(H,20,26,28)/t12-/m0/s1. The van der Waals surface area contributed by atoms with E-state index in [9.17, 15) is 19.2 Å². The Balaban J connectivity index is 1.79. The SMILES string of the molecule is CCOC(=O)c1ccc(NC(=O)[C@@H]2CC(=O)N3C(=S)NC(=O)C(C)(C)N23)cc1. The van der Waals surface area contributed by atoms with Gasteiger partial charge in [0.25, 0.3) is 0 Å². The summed E-state index contributed by atoms with van der Waals surface area (Å²) in [6, 6.07) is 5.31. The van der Waals surface area contributed by atoms with Gasteiger partial charge in [0, 0.05) is 5.69 Å². The van der Waals surface area contributed by atoms with Crippen LogP contribution in [0.1, 0.15) is 37.6 Å². The number of nitrogens with zero attached hydrogens (tertiary/aromatic N) is 2. The highest BCUT2D eigenvalue weighted by Crippen LogP contribution is 2.33. The maximum Gasteiger partial charge on any atom is 0.338 e. The van der Waals surface area contributed by atoms with Gasteiger partial charge in [-0.15, -0.1) is 0 Å². The third-order valence-electron chi connectivity index (χ3n) is 4.62. The molecule has 2 saturated heterocycles. The molecule has 2 fully saturated rings. The Morgan fingerprint density at radius 2 is 1.93 bits per heavy atom. The van der Waals surface area contributed by atoms with Crippen LogP contribution in [-0.2, 0) is 19.1 Å². The van der Waals surface area contributed by atoms with E-state index in [-0.39, 0.29) is 30.0 Å². The van der Waals surface area contributed by atoms with Crippen LogP contribution in [0, 0.1) is 0 Å². The van der Waals surface area contributed by atoms with Crippen molar-refractivity contribution in [2.75, 3.05) is 11.9 Å². The van der Waals surface area contributed by atoms with Crippen molar-refractivity contribution in [1.82, 2.24) is 15.3 Å². The number of fused-ring (bicyclic) bond motifs is 1. The molecule has 0 saturated carbocycles. The minimum Gasteiger partial charge on any atom is -0.462 e. The van der Waals surface area contributed by atoms with Crippen LogP contribution >= 0.6 is 12.2 Å². The van der Waals surface area contributed by atoms with Crippen LogP contribution in [0.2, 0.25) is 0 Å². The first kappa shape index (κ1) is 19.9. The molecule has 10 heteroatoms. The van der Waals surface area contributed by atoms with Gasteiger partial charge in [0.1, 0.15) is 11.6 Å². The smallest absolute Gasteiger partial charge is 0.338 e. The second kappa shape index (κ2) is 7.28. The highest BCUT2D eigenvalue weighted by Gasteiger charge is 2.56. The van der Waals surface area contributed by atoms with Crippen molar-refractivity contribution >= 4 is 46.7 Å².